The van der Waals surface area contributed by atoms with Crippen LogP contribution >= 0.6 is 0 Å². The Morgan fingerprint density at radius 1 is 0.756 bits per heavy atom. The predicted molar refractivity (Wildman–Crippen MR) is 155 cm³/mol. The molecular formula is C33H27N3O5. The van der Waals surface area contributed by atoms with E-state index < -0.39 is 24.4 Å². The summed E-state index contributed by atoms with van der Waals surface area (Å²) >= 11 is 0. The minimum absolute atomic E-state index is 0.316. The molecule has 2 amide bonds. The monoisotopic (exact) mass is 545 g/mol. The molecule has 0 aliphatic carbocycles. The number of nitrogens with zero attached hydrogens (tertiary/aromatic N) is 1. The number of pyridine rings is 1. The molecule has 5 rings (SSSR count). The molecule has 4 aromatic carbocycles. The number of benzene rings is 4. The summed E-state index contributed by atoms with van der Waals surface area (Å²) in [4.78, 5) is 42.5. The zero-order valence-electron chi connectivity index (χ0n) is 22.3. The zero-order valence-corrected chi connectivity index (χ0v) is 22.3. The van der Waals surface area contributed by atoms with Gasteiger partial charge in [0, 0.05) is 16.5 Å². The van der Waals surface area contributed by atoms with Gasteiger partial charge in [-0.1, -0.05) is 66.7 Å². The van der Waals surface area contributed by atoms with Gasteiger partial charge in [0.1, 0.15) is 12.4 Å². The molecule has 8 heteroatoms. The Balaban J connectivity index is 1.30. The molecule has 0 aliphatic heterocycles. The average Bonchev–Trinajstić information content (AvgIpc) is 3.02. The van der Waals surface area contributed by atoms with Gasteiger partial charge < -0.3 is 9.47 Å². The summed E-state index contributed by atoms with van der Waals surface area (Å²) in [6.45, 7) is 1.67. The molecule has 1 heterocycles. The van der Waals surface area contributed by atoms with Gasteiger partial charge in [0.15, 0.2) is 6.61 Å². The number of nitrogens with one attached hydrogen (secondary N) is 2. The minimum atomic E-state index is -0.676. The highest BCUT2D eigenvalue weighted by molar-refractivity contribution is 6.07. The summed E-state index contributed by atoms with van der Waals surface area (Å²) in [6, 6.07) is 33.1. The highest BCUT2D eigenvalue weighted by Gasteiger charge is 2.21. The van der Waals surface area contributed by atoms with Crippen LogP contribution in [0, 0.1) is 6.92 Å². The van der Waals surface area contributed by atoms with Crippen LogP contribution < -0.4 is 15.6 Å². The van der Waals surface area contributed by atoms with Crippen molar-refractivity contribution in [3.63, 3.8) is 0 Å². The van der Waals surface area contributed by atoms with Gasteiger partial charge in [-0.3, -0.25) is 20.4 Å². The number of fused-ring (bicyclic) bond motifs is 1. The van der Waals surface area contributed by atoms with Crippen molar-refractivity contribution in [3.8, 4) is 17.0 Å². The maximum Gasteiger partial charge on any atom is 0.339 e. The van der Waals surface area contributed by atoms with Crippen LogP contribution in [0.4, 0.5) is 0 Å². The Kier molecular flexibility index (Phi) is 8.30. The first kappa shape index (κ1) is 27.1. The lowest BCUT2D eigenvalue weighted by molar-refractivity contribution is -0.125. The lowest BCUT2D eigenvalue weighted by Gasteiger charge is -2.15. The summed E-state index contributed by atoms with van der Waals surface area (Å²) in [5, 5.41) is 0.611. The Morgan fingerprint density at radius 2 is 1.41 bits per heavy atom. The molecule has 0 saturated heterocycles. The molecule has 0 aliphatic rings. The van der Waals surface area contributed by atoms with Gasteiger partial charge in [0.05, 0.1) is 16.8 Å². The van der Waals surface area contributed by atoms with E-state index in [1.165, 1.54) is 0 Å². The molecule has 0 unspecified atom stereocenters. The highest BCUT2D eigenvalue weighted by Crippen LogP contribution is 2.31. The van der Waals surface area contributed by atoms with Gasteiger partial charge >= 0.3 is 5.97 Å². The lowest BCUT2D eigenvalue weighted by Crippen LogP contribution is -2.43. The molecule has 5 aromatic rings. The second-order valence-corrected chi connectivity index (χ2v) is 9.22. The fraction of sp³-hybridized carbons (Fsp3) is 0.0909. The Hall–Kier alpha value is -5.50. The minimum Gasteiger partial charge on any atom is -0.489 e. The van der Waals surface area contributed by atoms with Crippen LogP contribution in [-0.2, 0) is 16.1 Å². The molecule has 0 saturated carbocycles. The second-order valence-electron chi connectivity index (χ2n) is 9.22. The number of amides is 2. The number of para-hydroxylation sites is 1. The van der Waals surface area contributed by atoms with Crippen LogP contribution in [0.5, 0.6) is 5.75 Å². The Labute approximate surface area is 236 Å². The van der Waals surface area contributed by atoms with Gasteiger partial charge in [0.2, 0.25) is 0 Å². The highest BCUT2D eigenvalue weighted by atomic mass is 16.5. The quantitative estimate of drug-likeness (QED) is 0.200. The van der Waals surface area contributed by atoms with Crippen molar-refractivity contribution in [1.29, 1.82) is 0 Å². The van der Waals surface area contributed by atoms with E-state index in [0.29, 0.717) is 45.6 Å². The number of rotatable bonds is 8. The molecular weight excluding hydrogens is 518 g/mol. The van der Waals surface area contributed by atoms with Crippen molar-refractivity contribution in [2.75, 3.05) is 6.61 Å². The molecule has 0 radical (unpaired) electrons. The van der Waals surface area contributed by atoms with Crippen LogP contribution in [0.1, 0.15) is 31.8 Å². The number of hydrogen-bond donors (Lipinski definition) is 2. The number of carbonyl (C=O) groups is 3. The van der Waals surface area contributed by atoms with E-state index in [1.807, 2.05) is 72.8 Å². The number of hydrogen-bond acceptors (Lipinski definition) is 6. The van der Waals surface area contributed by atoms with Crippen molar-refractivity contribution >= 4 is 28.7 Å². The fourth-order valence-corrected chi connectivity index (χ4v) is 4.33. The third-order valence-corrected chi connectivity index (χ3v) is 6.40. The first-order chi connectivity index (χ1) is 20.0. The summed E-state index contributed by atoms with van der Waals surface area (Å²) in [7, 11) is 0. The first-order valence-corrected chi connectivity index (χ1v) is 13.0. The number of aromatic nitrogens is 1. The van der Waals surface area contributed by atoms with Crippen LogP contribution in [0.2, 0.25) is 0 Å². The van der Waals surface area contributed by atoms with E-state index in [2.05, 4.69) is 10.9 Å². The van der Waals surface area contributed by atoms with E-state index in [4.69, 9.17) is 14.5 Å². The summed E-state index contributed by atoms with van der Waals surface area (Å²) in [6.07, 6.45) is 0. The van der Waals surface area contributed by atoms with E-state index in [0.717, 1.165) is 11.1 Å². The molecule has 0 fully saturated rings. The Morgan fingerprint density at radius 3 is 2.15 bits per heavy atom. The second kappa shape index (κ2) is 12.6. The summed E-state index contributed by atoms with van der Waals surface area (Å²) in [5.74, 6) is -1.12. The van der Waals surface area contributed by atoms with Crippen molar-refractivity contribution in [3.05, 3.63) is 131 Å². The van der Waals surface area contributed by atoms with Gasteiger partial charge in [0.25, 0.3) is 11.8 Å². The number of ether oxygens (including phenoxy) is 2. The lowest BCUT2D eigenvalue weighted by atomic mass is 9.97. The van der Waals surface area contributed by atoms with Crippen molar-refractivity contribution in [1.82, 2.24) is 15.8 Å². The van der Waals surface area contributed by atoms with E-state index in [-0.39, 0.29) is 0 Å². The maximum absolute atomic E-state index is 13.3. The number of hydrazine groups is 1. The SMILES string of the molecule is Cc1c(-c2ccc(OCc3ccccc3)cc2)nc2ccccc2c1C(=O)OCC(=O)NNC(=O)c1ccccc1. The average molecular weight is 546 g/mol. The van der Waals surface area contributed by atoms with Crippen LogP contribution in [0.3, 0.4) is 0 Å². The van der Waals surface area contributed by atoms with Crippen molar-refractivity contribution < 1.29 is 23.9 Å². The third-order valence-electron chi connectivity index (χ3n) is 6.40. The van der Waals surface area contributed by atoms with E-state index >= 15 is 0 Å². The predicted octanol–water partition coefficient (Wildman–Crippen LogP) is 5.41. The normalized spacial score (nSPS) is 10.6. The number of carbonyl (C=O) groups excluding carboxylic acids is 3. The van der Waals surface area contributed by atoms with Crippen LogP contribution in [-0.4, -0.2) is 29.4 Å². The van der Waals surface area contributed by atoms with Gasteiger partial charge in [-0.05, 0) is 60.5 Å². The molecule has 0 bridgehead atoms. The third kappa shape index (κ3) is 6.57. The Bertz CT molecular complexity index is 1690. The molecule has 2 N–H and O–H groups in total. The van der Waals surface area contributed by atoms with Gasteiger partial charge in [-0.25, -0.2) is 9.78 Å². The van der Waals surface area contributed by atoms with Crippen LogP contribution in [0.25, 0.3) is 22.2 Å². The van der Waals surface area contributed by atoms with Crippen molar-refractivity contribution in [2.24, 2.45) is 0 Å². The molecule has 0 spiro atoms. The largest absolute Gasteiger partial charge is 0.489 e. The summed E-state index contributed by atoms with van der Waals surface area (Å²) in [5.41, 5.74) is 8.98. The molecule has 0 atom stereocenters. The first-order valence-electron chi connectivity index (χ1n) is 13.0. The maximum atomic E-state index is 13.3. The number of esters is 1. The van der Waals surface area contributed by atoms with Crippen LogP contribution in [0.15, 0.2) is 109 Å². The van der Waals surface area contributed by atoms with Gasteiger partial charge in [-0.2, -0.15) is 0 Å². The molecule has 1 aromatic heterocycles. The standard InChI is InChI=1S/C33H27N3O5/c1-22-30(33(39)41-21-29(37)35-36-32(38)25-12-6-3-7-13-25)27-14-8-9-15-28(27)34-31(22)24-16-18-26(19-17-24)40-20-23-10-4-2-5-11-23/h2-19H,20-21H2,1H3,(H,35,37)(H,36,38). The topological polar surface area (TPSA) is 107 Å². The fourth-order valence-electron chi connectivity index (χ4n) is 4.33. The van der Waals surface area contributed by atoms with E-state index in [1.54, 1.807) is 43.3 Å². The summed E-state index contributed by atoms with van der Waals surface area (Å²) < 4.78 is 11.3. The molecule has 8 nitrogen and oxygen atoms in total. The van der Waals surface area contributed by atoms with Gasteiger partial charge in [-0.15, -0.1) is 0 Å². The molecule has 204 valence electrons. The van der Waals surface area contributed by atoms with Crippen molar-refractivity contribution in [2.45, 2.75) is 13.5 Å². The zero-order chi connectivity index (χ0) is 28.6. The molecule has 41 heavy (non-hydrogen) atoms. The smallest absolute Gasteiger partial charge is 0.339 e. The van der Waals surface area contributed by atoms with E-state index in [9.17, 15) is 14.4 Å².